The van der Waals surface area contributed by atoms with Gasteiger partial charge in [-0.05, 0) is 31.4 Å². The second-order valence-corrected chi connectivity index (χ2v) is 4.52. The average Bonchev–Trinajstić information content (AvgIpc) is 2.46. The van der Waals surface area contributed by atoms with E-state index >= 15 is 0 Å². The molecule has 106 valence electrons. The number of rotatable bonds is 7. The first-order valence-corrected chi connectivity index (χ1v) is 6.60. The minimum atomic E-state index is -0.382. The van der Waals surface area contributed by atoms with Gasteiger partial charge in [0.2, 0.25) is 0 Å². The topological polar surface area (TPSA) is 88.3 Å². The number of nitro groups is 1. The molecule has 0 radical (unpaired) electrons. The van der Waals surface area contributed by atoms with Crippen LogP contribution in [0.15, 0.2) is 30.6 Å². The van der Waals surface area contributed by atoms with Crippen LogP contribution in [-0.4, -0.2) is 28.2 Å². The van der Waals surface area contributed by atoms with E-state index in [0.717, 1.165) is 36.9 Å². The number of aliphatic hydroxyl groups excluding tert-OH is 1. The highest BCUT2D eigenvalue weighted by Crippen LogP contribution is 2.30. The molecular weight excluding hydrogens is 258 g/mol. The maximum absolute atomic E-state index is 11.0. The van der Waals surface area contributed by atoms with Crippen LogP contribution in [0.3, 0.4) is 0 Å². The van der Waals surface area contributed by atoms with Crippen molar-refractivity contribution in [1.82, 2.24) is 4.98 Å². The molecule has 1 aromatic heterocycles. The number of aliphatic hydroxyl groups is 1. The molecule has 0 aliphatic heterocycles. The molecule has 2 rings (SSSR count). The van der Waals surface area contributed by atoms with Gasteiger partial charge in [-0.2, -0.15) is 0 Å². The number of nitrogens with zero attached hydrogens (tertiary/aromatic N) is 2. The van der Waals surface area contributed by atoms with Crippen LogP contribution >= 0.6 is 0 Å². The highest BCUT2D eigenvalue weighted by atomic mass is 16.6. The molecule has 0 saturated heterocycles. The lowest BCUT2D eigenvalue weighted by molar-refractivity contribution is -0.383. The summed E-state index contributed by atoms with van der Waals surface area (Å²) >= 11 is 0. The van der Waals surface area contributed by atoms with Crippen molar-refractivity contribution in [3.8, 4) is 0 Å². The minimum absolute atomic E-state index is 0.0910. The third kappa shape index (κ3) is 3.21. The quantitative estimate of drug-likeness (QED) is 0.461. The summed E-state index contributed by atoms with van der Waals surface area (Å²) in [6.07, 6.45) is 5.88. The molecule has 2 N–H and O–H groups in total. The Morgan fingerprint density at radius 3 is 2.80 bits per heavy atom. The second kappa shape index (κ2) is 6.81. The molecule has 0 aliphatic carbocycles. The molecule has 1 heterocycles. The Balaban J connectivity index is 2.18. The first kappa shape index (κ1) is 14.2. The van der Waals surface area contributed by atoms with Gasteiger partial charge in [0.05, 0.1) is 10.3 Å². The molecule has 2 aromatic rings. The lowest BCUT2D eigenvalue weighted by atomic mass is 10.1. The smallest absolute Gasteiger partial charge is 0.277 e. The van der Waals surface area contributed by atoms with Crippen molar-refractivity contribution in [1.29, 1.82) is 0 Å². The van der Waals surface area contributed by atoms with Crippen LogP contribution in [0.25, 0.3) is 10.8 Å². The Labute approximate surface area is 116 Å². The highest BCUT2D eigenvalue weighted by Gasteiger charge is 2.13. The number of pyridine rings is 1. The summed E-state index contributed by atoms with van der Waals surface area (Å²) in [4.78, 5) is 14.7. The molecule has 0 aliphatic rings. The number of hydrogen-bond acceptors (Lipinski definition) is 5. The third-order valence-electron chi connectivity index (χ3n) is 3.14. The largest absolute Gasteiger partial charge is 0.396 e. The van der Waals surface area contributed by atoms with E-state index in [1.54, 1.807) is 24.5 Å². The number of fused-ring (bicyclic) bond motifs is 1. The molecule has 0 bridgehead atoms. The normalized spacial score (nSPS) is 10.7. The molecule has 20 heavy (non-hydrogen) atoms. The Kier molecular flexibility index (Phi) is 4.84. The molecule has 0 unspecified atom stereocenters. The van der Waals surface area contributed by atoms with Crippen molar-refractivity contribution < 1.29 is 10.0 Å². The first-order valence-electron chi connectivity index (χ1n) is 6.60. The maximum atomic E-state index is 11.0. The van der Waals surface area contributed by atoms with Crippen molar-refractivity contribution >= 4 is 22.1 Å². The molecule has 6 heteroatoms. The average molecular weight is 275 g/mol. The van der Waals surface area contributed by atoms with E-state index in [-0.39, 0.29) is 17.2 Å². The van der Waals surface area contributed by atoms with E-state index in [2.05, 4.69) is 10.3 Å². The fraction of sp³-hybridized carbons (Fsp3) is 0.357. The summed E-state index contributed by atoms with van der Waals surface area (Å²) in [5, 5.41) is 24.3. The number of hydrogen-bond donors (Lipinski definition) is 2. The number of benzene rings is 1. The summed E-state index contributed by atoms with van der Waals surface area (Å²) in [5.74, 6) is 0. The molecule has 0 saturated carbocycles. The third-order valence-corrected chi connectivity index (χ3v) is 3.14. The van der Waals surface area contributed by atoms with E-state index in [1.165, 1.54) is 6.07 Å². The standard InChI is InChI=1S/C14H17N3O3/c18-9-3-1-2-7-16-13-4-5-14(17(19)20)11-6-8-15-10-12(11)13/h4-6,8,10,16,18H,1-3,7,9H2. The summed E-state index contributed by atoms with van der Waals surface area (Å²) in [6, 6.07) is 4.89. The Morgan fingerprint density at radius 1 is 1.20 bits per heavy atom. The molecule has 0 fully saturated rings. The van der Waals surface area contributed by atoms with Gasteiger partial charge in [0.25, 0.3) is 5.69 Å². The zero-order chi connectivity index (χ0) is 14.4. The molecule has 0 spiro atoms. The lowest BCUT2D eigenvalue weighted by Gasteiger charge is -2.09. The zero-order valence-corrected chi connectivity index (χ0v) is 11.1. The van der Waals surface area contributed by atoms with Crippen molar-refractivity contribution in [2.45, 2.75) is 19.3 Å². The van der Waals surface area contributed by atoms with Gasteiger partial charge in [-0.1, -0.05) is 0 Å². The minimum Gasteiger partial charge on any atom is -0.396 e. The first-order chi connectivity index (χ1) is 9.74. The summed E-state index contributed by atoms with van der Waals surface area (Å²) in [5.41, 5.74) is 0.941. The summed E-state index contributed by atoms with van der Waals surface area (Å²) < 4.78 is 0. The molecule has 0 amide bonds. The molecular formula is C14H17N3O3. The van der Waals surface area contributed by atoms with Gasteiger partial charge in [0, 0.05) is 42.7 Å². The van der Waals surface area contributed by atoms with Crippen LogP contribution in [-0.2, 0) is 0 Å². The van der Waals surface area contributed by atoms with E-state index in [1.807, 2.05) is 0 Å². The SMILES string of the molecule is O=[N+]([O-])c1ccc(NCCCCCO)c2cnccc12. The van der Waals surface area contributed by atoms with Crippen LogP contribution in [0.1, 0.15) is 19.3 Å². The van der Waals surface area contributed by atoms with Crippen LogP contribution in [0.5, 0.6) is 0 Å². The van der Waals surface area contributed by atoms with Crippen molar-refractivity contribution in [2.24, 2.45) is 0 Å². The van der Waals surface area contributed by atoms with Crippen LogP contribution < -0.4 is 5.32 Å². The van der Waals surface area contributed by atoms with Crippen molar-refractivity contribution in [3.05, 3.63) is 40.7 Å². The van der Waals surface area contributed by atoms with Crippen molar-refractivity contribution in [3.63, 3.8) is 0 Å². The zero-order valence-electron chi connectivity index (χ0n) is 11.1. The van der Waals surface area contributed by atoms with E-state index in [9.17, 15) is 10.1 Å². The highest BCUT2D eigenvalue weighted by molar-refractivity contribution is 5.99. The Morgan fingerprint density at radius 2 is 2.05 bits per heavy atom. The van der Waals surface area contributed by atoms with Gasteiger partial charge >= 0.3 is 0 Å². The number of aromatic nitrogens is 1. The fourth-order valence-corrected chi connectivity index (χ4v) is 2.12. The van der Waals surface area contributed by atoms with E-state index < -0.39 is 0 Å². The second-order valence-electron chi connectivity index (χ2n) is 4.52. The van der Waals surface area contributed by atoms with Gasteiger partial charge in [-0.15, -0.1) is 0 Å². The fourth-order valence-electron chi connectivity index (χ4n) is 2.12. The van der Waals surface area contributed by atoms with Crippen LogP contribution in [0, 0.1) is 10.1 Å². The number of anilines is 1. The van der Waals surface area contributed by atoms with Crippen LogP contribution in [0.2, 0.25) is 0 Å². The Hall–Kier alpha value is -2.21. The van der Waals surface area contributed by atoms with Gasteiger partial charge < -0.3 is 10.4 Å². The lowest BCUT2D eigenvalue weighted by Crippen LogP contribution is -2.03. The van der Waals surface area contributed by atoms with Gasteiger partial charge in [0.15, 0.2) is 0 Å². The summed E-state index contributed by atoms with van der Waals surface area (Å²) in [7, 11) is 0. The molecule has 6 nitrogen and oxygen atoms in total. The van der Waals surface area contributed by atoms with Gasteiger partial charge in [-0.3, -0.25) is 15.1 Å². The van der Waals surface area contributed by atoms with Gasteiger partial charge in [0.1, 0.15) is 0 Å². The predicted octanol–water partition coefficient (Wildman–Crippen LogP) is 2.72. The number of unbranched alkanes of at least 4 members (excludes halogenated alkanes) is 2. The Bertz CT molecular complexity index is 601. The van der Waals surface area contributed by atoms with Crippen LogP contribution in [0.4, 0.5) is 11.4 Å². The maximum Gasteiger partial charge on any atom is 0.277 e. The molecule has 1 aromatic carbocycles. The van der Waals surface area contributed by atoms with E-state index in [4.69, 9.17) is 5.11 Å². The van der Waals surface area contributed by atoms with Crippen molar-refractivity contribution in [2.75, 3.05) is 18.5 Å². The predicted molar refractivity (Wildman–Crippen MR) is 77.8 cm³/mol. The molecule has 0 atom stereocenters. The number of non-ortho nitro benzene ring substituents is 1. The number of nitro benzene ring substituents is 1. The van der Waals surface area contributed by atoms with Gasteiger partial charge in [-0.25, -0.2) is 0 Å². The summed E-state index contributed by atoms with van der Waals surface area (Å²) in [6.45, 7) is 0.978. The monoisotopic (exact) mass is 275 g/mol. The number of nitrogens with one attached hydrogen (secondary N) is 1. The van der Waals surface area contributed by atoms with E-state index in [0.29, 0.717) is 5.39 Å².